The van der Waals surface area contributed by atoms with Crippen LogP contribution in [0.2, 0.25) is 0 Å². The molecule has 3 atom stereocenters. The Hall–Kier alpha value is -3.28. The number of methoxy groups -OCH3 is 1. The Morgan fingerprint density at radius 3 is 2.78 bits per heavy atom. The van der Waals surface area contributed by atoms with Gasteiger partial charge in [0, 0.05) is 44.4 Å². The molecule has 0 N–H and O–H groups in total. The minimum atomic E-state index is -3.26. The van der Waals surface area contributed by atoms with Gasteiger partial charge in [0.25, 0.3) is 5.92 Å². The number of rotatable bonds is 6. The van der Waals surface area contributed by atoms with E-state index in [9.17, 15) is 13.6 Å². The molecule has 2 fully saturated rings. The van der Waals surface area contributed by atoms with Crippen LogP contribution in [-0.4, -0.2) is 53.1 Å². The number of nitrogens with zero attached hydrogens (tertiary/aromatic N) is 5. The van der Waals surface area contributed by atoms with Gasteiger partial charge in [0.2, 0.25) is 5.91 Å². The minimum absolute atomic E-state index is 0.0142. The summed E-state index contributed by atoms with van der Waals surface area (Å²) in [6.45, 7) is 3.08. The van der Waals surface area contributed by atoms with Gasteiger partial charge in [0.15, 0.2) is 5.69 Å². The van der Waals surface area contributed by atoms with Crippen molar-refractivity contribution in [3.63, 3.8) is 0 Å². The number of halogens is 2. The van der Waals surface area contributed by atoms with Gasteiger partial charge < -0.3 is 14.5 Å². The second-order valence-corrected chi connectivity index (χ2v) is 8.42. The predicted octanol–water partition coefficient (Wildman–Crippen LogP) is 3.35. The van der Waals surface area contributed by atoms with Gasteiger partial charge in [-0.1, -0.05) is 6.92 Å². The maximum atomic E-state index is 14.8. The van der Waals surface area contributed by atoms with Gasteiger partial charge in [-0.25, -0.2) is 4.98 Å². The van der Waals surface area contributed by atoms with Crippen molar-refractivity contribution in [2.45, 2.75) is 44.2 Å². The second-order valence-electron chi connectivity index (χ2n) is 8.42. The first kappa shape index (κ1) is 21.9. The van der Waals surface area contributed by atoms with Crippen LogP contribution in [-0.2, 0) is 10.7 Å². The number of carbonyl (C=O) groups is 1. The molecule has 2 aromatic heterocycles. The van der Waals surface area contributed by atoms with Gasteiger partial charge in [-0.05, 0) is 36.6 Å². The Morgan fingerprint density at radius 2 is 2.12 bits per heavy atom. The molecule has 4 heterocycles. The highest BCUT2D eigenvalue weighted by molar-refractivity contribution is 5.77. The first-order valence-corrected chi connectivity index (χ1v) is 10.6. The highest BCUT2D eigenvalue weighted by Crippen LogP contribution is 2.39. The summed E-state index contributed by atoms with van der Waals surface area (Å²) in [5.74, 6) is -2.40. The molecule has 7 nitrogen and oxygen atoms in total. The molecule has 2 aromatic rings. The molecule has 2 bridgehead atoms. The van der Waals surface area contributed by atoms with Crippen LogP contribution < -0.4 is 9.64 Å². The number of anilines is 1. The van der Waals surface area contributed by atoms with Crippen molar-refractivity contribution in [3.8, 4) is 11.8 Å². The molecule has 0 saturated carbocycles. The molecule has 0 aromatic carbocycles. The van der Waals surface area contributed by atoms with E-state index >= 15 is 0 Å². The van der Waals surface area contributed by atoms with Crippen LogP contribution >= 0.6 is 0 Å². The van der Waals surface area contributed by atoms with Gasteiger partial charge >= 0.3 is 0 Å². The second kappa shape index (κ2) is 8.69. The van der Waals surface area contributed by atoms with Gasteiger partial charge in [-0.3, -0.25) is 9.78 Å². The molecule has 2 aliphatic rings. The molecule has 168 valence electrons. The number of aromatic nitrogens is 2. The van der Waals surface area contributed by atoms with Crippen LogP contribution in [0.4, 0.5) is 14.6 Å². The van der Waals surface area contributed by atoms with Crippen LogP contribution in [0.15, 0.2) is 36.7 Å². The summed E-state index contributed by atoms with van der Waals surface area (Å²) in [6, 6.07) is 8.73. The van der Waals surface area contributed by atoms with Crippen molar-refractivity contribution in [1.29, 1.82) is 5.26 Å². The SMILES string of the molecule is COc1cccnc1C(F)(F)CCC(=O)N1CC2C[C@H](C)C(C1)N2c1ccc(C#N)cn1. The number of amides is 1. The number of nitriles is 1. The largest absolute Gasteiger partial charge is 0.495 e. The number of piperazine rings is 1. The van der Waals surface area contributed by atoms with E-state index in [1.165, 1.54) is 25.4 Å². The van der Waals surface area contributed by atoms with Crippen molar-refractivity contribution >= 4 is 11.7 Å². The third-order valence-corrected chi connectivity index (χ3v) is 6.37. The zero-order chi connectivity index (χ0) is 22.9. The topological polar surface area (TPSA) is 82.4 Å². The van der Waals surface area contributed by atoms with Crippen molar-refractivity contribution in [3.05, 3.63) is 47.9 Å². The maximum Gasteiger partial charge on any atom is 0.293 e. The number of alkyl halides is 2. The van der Waals surface area contributed by atoms with Gasteiger partial charge in [0.1, 0.15) is 17.6 Å². The first-order chi connectivity index (χ1) is 15.3. The van der Waals surface area contributed by atoms with Crippen LogP contribution in [0, 0.1) is 17.2 Å². The number of ether oxygens (including phenoxy) is 1. The van der Waals surface area contributed by atoms with Crippen molar-refractivity contribution < 1.29 is 18.3 Å². The summed E-state index contributed by atoms with van der Waals surface area (Å²) in [5.41, 5.74) is 0.0501. The van der Waals surface area contributed by atoms with E-state index in [0.717, 1.165) is 12.2 Å². The molecule has 2 aliphatic heterocycles. The van der Waals surface area contributed by atoms with Gasteiger partial charge in [-0.15, -0.1) is 0 Å². The minimum Gasteiger partial charge on any atom is -0.495 e. The Morgan fingerprint density at radius 1 is 1.31 bits per heavy atom. The molecular weight excluding hydrogens is 416 g/mol. The fraction of sp³-hybridized carbons (Fsp3) is 0.478. The number of hydrogen-bond acceptors (Lipinski definition) is 6. The summed E-state index contributed by atoms with van der Waals surface area (Å²) in [7, 11) is 1.32. The average Bonchev–Trinajstić information content (AvgIpc) is 3.01. The van der Waals surface area contributed by atoms with E-state index in [4.69, 9.17) is 10.00 Å². The first-order valence-electron chi connectivity index (χ1n) is 10.6. The van der Waals surface area contributed by atoms with E-state index in [2.05, 4.69) is 27.9 Å². The smallest absolute Gasteiger partial charge is 0.293 e. The lowest BCUT2D eigenvalue weighted by atomic mass is 10.0. The number of fused-ring (bicyclic) bond motifs is 2. The molecule has 0 aliphatic carbocycles. The summed E-state index contributed by atoms with van der Waals surface area (Å²) < 4.78 is 34.5. The molecule has 9 heteroatoms. The Kier molecular flexibility index (Phi) is 5.96. The van der Waals surface area contributed by atoms with Crippen LogP contribution in [0.3, 0.4) is 0 Å². The molecule has 2 unspecified atom stereocenters. The molecule has 0 spiro atoms. The number of pyridine rings is 2. The normalized spacial score (nSPS) is 22.5. The van der Waals surface area contributed by atoms with E-state index in [1.54, 1.807) is 17.2 Å². The van der Waals surface area contributed by atoms with E-state index < -0.39 is 18.0 Å². The highest BCUT2D eigenvalue weighted by Gasteiger charge is 2.46. The fourth-order valence-corrected chi connectivity index (χ4v) is 4.77. The third-order valence-electron chi connectivity index (χ3n) is 6.37. The summed E-state index contributed by atoms with van der Waals surface area (Å²) in [6.07, 6.45) is 2.85. The van der Waals surface area contributed by atoms with Crippen molar-refractivity contribution in [2.24, 2.45) is 5.92 Å². The van der Waals surface area contributed by atoms with Crippen molar-refractivity contribution in [2.75, 3.05) is 25.1 Å². The summed E-state index contributed by atoms with van der Waals surface area (Å²) in [5, 5.41) is 8.99. The lowest BCUT2D eigenvalue weighted by Crippen LogP contribution is -2.56. The monoisotopic (exact) mass is 441 g/mol. The fourth-order valence-electron chi connectivity index (χ4n) is 4.77. The van der Waals surface area contributed by atoms with Gasteiger partial charge in [0.05, 0.1) is 18.7 Å². The average molecular weight is 441 g/mol. The number of likely N-dealkylation sites (tertiary alicyclic amines) is 1. The molecule has 32 heavy (non-hydrogen) atoms. The molecule has 0 radical (unpaired) electrons. The van der Waals surface area contributed by atoms with Crippen LogP contribution in [0.25, 0.3) is 0 Å². The van der Waals surface area contributed by atoms with Crippen LogP contribution in [0.1, 0.15) is 37.4 Å². The standard InChI is InChI=1S/C23H25F2N5O2/c1-15-10-17-13-29(14-18(15)30(17)20-6-5-16(11-26)12-28-20)21(31)7-8-23(24,25)22-19(32-2)4-3-9-27-22/h3-6,9,12,15,17-18H,7-8,10,13-14H2,1-2H3/t15-,17?,18?/m0/s1. The Bertz CT molecular complexity index is 1020. The number of carbonyl (C=O) groups excluding carboxylic acids is 1. The zero-order valence-corrected chi connectivity index (χ0v) is 18.0. The molecular formula is C23H25F2N5O2. The van der Waals surface area contributed by atoms with E-state index in [0.29, 0.717) is 24.6 Å². The van der Waals surface area contributed by atoms with Gasteiger partial charge in [-0.2, -0.15) is 14.0 Å². The van der Waals surface area contributed by atoms with Crippen LogP contribution in [0.5, 0.6) is 5.75 Å². The third kappa shape index (κ3) is 4.09. The lowest BCUT2D eigenvalue weighted by molar-refractivity contribution is -0.134. The predicted molar refractivity (Wildman–Crippen MR) is 113 cm³/mol. The quantitative estimate of drug-likeness (QED) is 0.684. The Balaban J connectivity index is 1.42. The van der Waals surface area contributed by atoms with Crippen molar-refractivity contribution in [1.82, 2.24) is 14.9 Å². The zero-order valence-electron chi connectivity index (χ0n) is 18.0. The lowest BCUT2D eigenvalue weighted by Gasteiger charge is -2.42. The maximum absolute atomic E-state index is 14.8. The highest BCUT2D eigenvalue weighted by atomic mass is 19.3. The molecule has 2 saturated heterocycles. The summed E-state index contributed by atoms with van der Waals surface area (Å²) >= 11 is 0. The Labute approximate surface area is 185 Å². The number of hydrogen-bond donors (Lipinski definition) is 0. The van der Waals surface area contributed by atoms with E-state index in [-0.39, 0.29) is 30.2 Å². The molecule has 1 amide bonds. The van der Waals surface area contributed by atoms with E-state index in [1.807, 2.05) is 6.07 Å². The molecule has 4 rings (SSSR count). The summed E-state index contributed by atoms with van der Waals surface area (Å²) in [4.78, 5) is 25.0.